The van der Waals surface area contributed by atoms with E-state index in [4.69, 9.17) is 0 Å². The second kappa shape index (κ2) is 8.30. The molecule has 1 N–H and O–H groups in total. The van der Waals surface area contributed by atoms with E-state index >= 15 is 0 Å². The molecule has 0 spiro atoms. The number of alkyl halides is 3. The quantitative estimate of drug-likeness (QED) is 0.775. The molecule has 1 unspecified atom stereocenters. The van der Waals surface area contributed by atoms with Gasteiger partial charge in [0.2, 0.25) is 5.91 Å². The van der Waals surface area contributed by atoms with Crippen LogP contribution >= 0.6 is 0 Å². The largest absolute Gasteiger partial charge is 0.442 e. The first-order valence-corrected chi connectivity index (χ1v) is 9.53. The molecule has 1 heterocycles. The SMILES string of the molecule is CC(C)CC(=O)NC1(C(F)(F)F)N=C(c2ccccc2)N(Cc2ccccc2)C1=O. The monoisotopic (exact) mass is 417 g/mol. The van der Waals surface area contributed by atoms with Gasteiger partial charge in [-0.2, -0.15) is 13.2 Å². The zero-order valence-corrected chi connectivity index (χ0v) is 16.6. The molecule has 158 valence electrons. The zero-order valence-electron chi connectivity index (χ0n) is 16.6. The number of benzene rings is 2. The minimum atomic E-state index is -5.11. The Morgan fingerprint density at radius 3 is 2.17 bits per heavy atom. The van der Waals surface area contributed by atoms with Crippen LogP contribution in [0.3, 0.4) is 0 Å². The van der Waals surface area contributed by atoms with Gasteiger partial charge >= 0.3 is 11.8 Å². The van der Waals surface area contributed by atoms with E-state index in [-0.39, 0.29) is 24.7 Å². The standard InChI is InChI=1S/C22H22F3N3O2/c1-15(2)13-18(29)26-21(22(23,24)25)20(30)28(14-16-9-5-3-6-10-16)19(27-21)17-11-7-4-8-12-17/h3-12,15H,13-14H2,1-2H3,(H,26,29). The molecular formula is C22H22F3N3O2. The lowest BCUT2D eigenvalue weighted by Crippen LogP contribution is -2.63. The number of rotatable bonds is 6. The second-order valence-corrected chi connectivity index (χ2v) is 7.53. The number of nitrogens with one attached hydrogen (secondary N) is 1. The highest BCUT2D eigenvalue weighted by molar-refractivity contribution is 6.16. The Hall–Kier alpha value is -3.16. The first-order valence-electron chi connectivity index (χ1n) is 9.53. The highest BCUT2D eigenvalue weighted by Gasteiger charge is 2.67. The summed E-state index contributed by atoms with van der Waals surface area (Å²) in [5.41, 5.74) is -2.36. The van der Waals surface area contributed by atoms with Crippen LogP contribution < -0.4 is 5.32 Å². The lowest BCUT2D eigenvalue weighted by atomic mass is 10.1. The number of nitrogens with zero attached hydrogens (tertiary/aromatic N) is 2. The van der Waals surface area contributed by atoms with E-state index in [2.05, 4.69) is 4.99 Å². The molecule has 2 aromatic rings. The molecule has 1 atom stereocenters. The molecule has 8 heteroatoms. The van der Waals surface area contributed by atoms with E-state index < -0.39 is 23.7 Å². The van der Waals surface area contributed by atoms with Crippen LogP contribution in [0, 0.1) is 5.92 Å². The molecule has 0 aromatic heterocycles. The van der Waals surface area contributed by atoms with Gasteiger partial charge < -0.3 is 5.32 Å². The van der Waals surface area contributed by atoms with Crippen LogP contribution in [0.25, 0.3) is 0 Å². The van der Waals surface area contributed by atoms with Crippen LogP contribution in [0.1, 0.15) is 31.4 Å². The fourth-order valence-corrected chi connectivity index (χ4v) is 3.24. The van der Waals surface area contributed by atoms with Crippen LogP contribution in [-0.2, 0) is 16.1 Å². The van der Waals surface area contributed by atoms with Crippen LogP contribution in [-0.4, -0.2) is 34.4 Å². The van der Waals surface area contributed by atoms with Gasteiger partial charge in [-0.25, -0.2) is 4.99 Å². The average Bonchev–Trinajstić information content (AvgIpc) is 2.96. The summed E-state index contributed by atoms with van der Waals surface area (Å²) in [5.74, 6) is -2.51. The third-order valence-corrected chi connectivity index (χ3v) is 4.62. The van der Waals surface area contributed by atoms with Crippen molar-refractivity contribution in [2.75, 3.05) is 0 Å². The molecule has 2 amide bonds. The molecule has 1 aliphatic rings. The van der Waals surface area contributed by atoms with Gasteiger partial charge in [0.15, 0.2) is 0 Å². The van der Waals surface area contributed by atoms with Crippen LogP contribution in [0.15, 0.2) is 65.7 Å². The van der Waals surface area contributed by atoms with Gasteiger partial charge in [-0.05, 0) is 11.5 Å². The average molecular weight is 417 g/mol. The van der Waals surface area contributed by atoms with E-state index in [0.717, 1.165) is 4.90 Å². The van der Waals surface area contributed by atoms with E-state index in [1.54, 1.807) is 74.5 Å². The number of carbonyl (C=O) groups excluding carboxylic acids is 2. The molecule has 5 nitrogen and oxygen atoms in total. The zero-order chi connectivity index (χ0) is 21.9. The molecule has 0 radical (unpaired) electrons. The Balaban J connectivity index is 2.09. The maximum absolute atomic E-state index is 14.2. The van der Waals surface area contributed by atoms with Crippen molar-refractivity contribution in [3.8, 4) is 0 Å². The number of aliphatic imine (C=N–C) groups is 1. The van der Waals surface area contributed by atoms with Crippen molar-refractivity contribution in [2.45, 2.75) is 38.7 Å². The summed E-state index contributed by atoms with van der Waals surface area (Å²) in [7, 11) is 0. The van der Waals surface area contributed by atoms with E-state index in [9.17, 15) is 22.8 Å². The lowest BCUT2D eigenvalue weighted by molar-refractivity contribution is -0.200. The van der Waals surface area contributed by atoms with E-state index in [1.807, 2.05) is 5.32 Å². The maximum Gasteiger partial charge on any atom is 0.442 e. The molecule has 0 fully saturated rings. The fourth-order valence-electron chi connectivity index (χ4n) is 3.24. The Labute approximate surface area is 172 Å². The first-order chi connectivity index (χ1) is 14.1. The predicted molar refractivity (Wildman–Crippen MR) is 106 cm³/mol. The van der Waals surface area contributed by atoms with Gasteiger partial charge in [-0.1, -0.05) is 74.5 Å². The molecule has 0 aliphatic carbocycles. The molecule has 0 saturated heterocycles. The van der Waals surface area contributed by atoms with Crippen molar-refractivity contribution in [3.05, 3.63) is 71.8 Å². The number of amides is 2. The molecule has 0 bridgehead atoms. The Bertz CT molecular complexity index is 943. The number of halogens is 3. The van der Waals surface area contributed by atoms with Crippen LogP contribution in [0.4, 0.5) is 13.2 Å². The van der Waals surface area contributed by atoms with E-state index in [0.29, 0.717) is 11.1 Å². The maximum atomic E-state index is 14.2. The molecule has 3 rings (SSSR count). The van der Waals surface area contributed by atoms with Gasteiger partial charge in [0.1, 0.15) is 5.84 Å². The van der Waals surface area contributed by atoms with Gasteiger partial charge in [0.05, 0.1) is 6.54 Å². The molecule has 30 heavy (non-hydrogen) atoms. The lowest BCUT2D eigenvalue weighted by Gasteiger charge is -2.29. The highest BCUT2D eigenvalue weighted by atomic mass is 19.4. The van der Waals surface area contributed by atoms with Gasteiger partial charge in [0.25, 0.3) is 5.91 Å². The minimum Gasteiger partial charge on any atom is -0.316 e. The fraction of sp³-hybridized carbons (Fsp3) is 0.318. The van der Waals surface area contributed by atoms with Gasteiger partial charge in [-0.3, -0.25) is 14.5 Å². The summed E-state index contributed by atoms with van der Waals surface area (Å²) >= 11 is 0. The number of hydrogen-bond donors (Lipinski definition) is 1. The number of carbonyl (C=O) groups is 2. The topological polar surface area (TPSA) is 61.8 Å². The first kappa shape index (κ1) is 21.5. The summed E-state index contributed by atoms with van der Waals surface area (Å²) in [6.07, 6.45) is -5.26. The summed E-state index contributed by atoms with van der Waals surface area (Å²) in [6, 6.07) is 16.8. The highest BCUT2D eigenvalue weighted by Crippen LogP contribution is 2.39. The molecule has 2 aromatic carbocycles. The smallest absolute Gasteiger partial charge is 0.316 e. The van der Waals surface area contributed by atoms with Crippen molar-refractivity contribution in [2.24, 2.45) is 10.9 Å². The molecule has 1 aliphatic heterocycles. The van der Waals surface area contributed by atoms with Crippen molar-refractivity contribution < 1.29 is 22.8 Å². The second-order valence-electron chi connectivity index (χ2n) is 7.53. The van der Waals surface area contributed by atoms with Crippen molar-refractivity contribution in [1.29, 1.82) is 0 Å². The van der Waals surface area contributed by atoms with Gasteiger partial charge in [-0.15, -0.1) is 0 Å². The van der Waals surface area contributed by atoms with Crippen molar-refractivity contribution in [3.63, 3.8) is 0 Å². The Kier molecular flexibility index (Phi) is 5.96. The molecular weight excluding hydrogens is 395 g/mol. The Morgan fingerprint density at radius 2 is 1.63 bits per heavy atom. The summed E-state index contributed by atoms with van der Waals surface area (Å²) in [4.78, 5) is 30.2. The minimum absolute atomic E-state index is 0.106. The van der Waals surface area contributed by atoms with Crippen molar-refractivity contribution >= 4 is 17.6 Å². The summed E-state index contributed by atoms with van der Waals surface area (Å²) in [6.45, 7) is 3.30. The molecule has 0 saturated carbocycles. The normalized spacial score (nSPS) is 19.2. The number of amidine groups is 1. The summed E-state index contributed by atoms with van der Waals surface area (Å²) < 4.78 is 42.6. The van der Waals surface area contributed by atoms with E-state index in [1.165, 1.54) is 0 Å². The third-order valence-electron chi connectivity index (χ3n) is 4.62. The van der Waals surface area contributed by atoms with Crippen LogP contribution in [0.5, 0.6) is 0 Å². The Morgan fingerprint density at radius 1 is 1.07 bits per heavy atom. The van der Waals surface area contributed by atoms with Crippen molar-refractivity contribution in [1.82, 2.24) is 10.2 Å². The number of hydrogen-bond acceptors (Lipinski definition) is 3. The summed E-state index contributed by atoms with van der Waals surface area (Å²) in [5, 5.41) is 1.89. The predicted octanol–water partition coefficient (Wildman–Crippen LogP) is 3.90. The van der Waals surface area contributed by atoms with Gasteiger partial charge in [0, 0.05) is 12.0 Å². The third kappa shape index (κ3) is 4.22. The van der Waals surface area contributed by atoms with Crippen LogP contribution in [0.2, 0.25) is 0 Å².